The van der Waals surface area contributed by atoms with Crippen molar-refractivity contribution in [1.29, 1.82) is 0 Å². The van der Waals surface area contributed by atoms with Crippen molar-refractivity contribution in [2.75, 3.05) is 23.8 Å². The van der Waals surface area contributed by atoms with Gasteiger partial charge in [0.15, 0.2) is 11.3 Å². The number of carbonyl (C=O) groups is 2. The maximum absolute atomic E-state index is 13.6. The standard InChI is InChI=1S/C25H29ClNO3P/c1-18-14-21(26)15-19(2)23(18)27-24(29)25(10-11-25)31(12-6-7-13-31)17-22(28)30-16-20-8-4-3-5-9-20/h3-5,8-9,14-15H,6-7,10-13,16-17H2,1-2H3/p+1. The molecule has 164 valence electrons. The van der Waals surface area contributed by atoms with Crippen LogP contribution in [0.2, 0.25) is 5.02 Å². The van der Waals surface area contributed by atoms with Crippen molar-refractivity contribution in [2.24, 2.45) is 0 Å². The van der Waals surface area contributed by atoms with Crippen molar-refractivity contribution in [2.45, 2.75) is 51.3 Å². The van der Waals surface area contributed by atoms with Crippen molar-refractivity contribution in [3.63, 3.8) is 0 Å². The van der Waals surface area contributed by atoms with Crippen LogP contribution in [0.4, 0.5) is 5.69 Å². The van der Waals surface area contributed by atoms with Gasteiger partial charge >= 0.3 is 5.97 Å². The van der Waals surface area contributed by atoms with Gasteiger partial charge in [-0.15, -0.1) is 0 Å². The van der Waals surface area contributed by atoms with Gasteiger partial charge in [0, 0.05) is 30.8 Å². The first-order valence-electron chi connectivity index (χ1n) is 11.0. The van der Waals surface area contributed by atoms with Crippen LogP contribution < -0.4 is 5.32 Å². The molecule has 1 aliphatic carbocycles. The summed E-state index contributed by atoms with van der Waals surface area (Å²) in [5.41, 5.74) is 3.78. The molecule has 6 heteroatoms. The van der Waals surface area contributed by atoms with E-state index in [0.717, 1.165) is 60.4 Å². The number of ether oxygens (including phenoxy) is 1. The molecule has 1 amide bonds. The molecule has 2 fully saturated rings. The number of carbonyl (C=O) groups excluding carboxylic acids is 2. The average Bonchev–Trinajstić information content (AvgIpc) is 3.44. The summed E-state index contributed by atoms with van der Waals surface area (Å²) in [6, 6.07) is 13.5. The van der Waals surface area contributed by atoms with E-state index in [1.807, 2.05) is 56.3 Å². The highest BCUT2D eigenvalue weighted by Gasteiger charge is 2.71. The van der Waals surface area contributed by atoms with E-state index in [1.54, 1.807) is 0 Å². The maximum Gasteiger partial charge on any atom is 0.344 e. The molecule has 2 aliphatic rings. The molecule has 1 heterocycles. The minimum Gasteiger partial charge on any atom is -0.458 e. The second-order valence-corrected chi connectivity index (χ2v) is 13.8. The van der Waals surface area contributed by atoms with E-state index in [4.69, 9.17) is 16.3 Å². The first kappa shape index (κ1) is 22.3. The van der Waals surface area contributed by atoms with E-state index in [2.05, 4.69) is 5.32 Å². The van der Waals surface area contributed by atoms with E-state index in [9.17, 15) is 9.59 Å². The van der Waals surface area contributed by atoms with Crippen LogP contribution in [0.25, 0.3) is 0 Å². The number of amides is 1. The lowest BCUT2D eigenvalue weighted by molar-refractivity contribution is -0.141. The van der Waals surface area contributed by atoms with Crippen molar-refractivity contribution in [1.82, 2.24) is 0 Å². The molecule has 0 radical (unpaired) electrons. The number of hydrogen-bond donors (Lipinski definition) is 1. The van der Waals surface area contributed by atoms with Gasteiger partial charge in [0.25, 0.3) is 5.91 Å². The molecule has 0 bridgehead atoms. The Hall–Kier alpha value is -1.90. The number of esters is 1. The molecule has 2 aromatic carbocycles. The Kier molecular flexibility index (Phi) is 6.42. The first-order chi connectivity index (χ1) is 14.9. The van der Waals surface area contributed by atoms with Crippen LogP contribution in [-0.2, 0) is 20.9 Å². The Bertz CT molecular complexity index is 959. The van der Waals surface area contributed by atoms with Gasteiger partial charge < -0.3 is 10.1 Å². The lowest BCUT2D eigenvalue weighted by atomic mass is 10.1. The Balaban J connectivity index is 1.49. The summed E-state index contributed by atoms with van der Waals surface area (Å²) in [5.74, 6) is -0.0656. The molecule has 0 spiro atoms. The fourth-order valence-electron chi connectivity index (χ4n) is 5.08. The third kappa shape index (κ3) is 4.52. The summed E-state index contributed by atoms with van der Waals surface area (Å²) in [4.78, 5) is 26.4. The Labute approximate surface area is 190 Å². The van der Waals surface area contributed by atoms with E-state index in [0.29, 0.717) is 17.8 Å². The smallest absolute Gasteiger partial charge is 0.344 e. The largest absolute Gasteiger partial charge is 0.458 e. The molecule has 0 atom stereocenters. The average molecular weight is 459 g/mol. The summed E-state index contributed by atoms with van der Waals surface area (Å²) in [6.45, 7) is 4.23. The predicted octanol–water partition coefficient (Wildman–Crippen LogP) is 5.98. The van der Waals surface area contributed by atoms with Crippen LogP contribution in [0, 0.1) is 13.8 Å². The van der Waals surface area contributed by atoms with Crippen LogP contribution in [0.5, 0.6) is 0 Å². The topological polar surface area (TPSA) is 55.4 Å². The monoisotopic (exact) mass is 458 g/mol. The fraction of sp³-hybridized carbons (Fsp3) is 0.440. The van der Waals surface area contributed by atoms with Gasteiger partial charge in [0.1, 0.15) is 6.61 Å². The maximum atomic E-state index is 13.6. The van der Waals surface area contributed by atoms with Crippen LogP contribution in [0.15, 0.2) is 42.5 Å². The highest BCUT2D eigenvalue weighted by atomic mass is 35.5. The van der Waals surface area contributed by atoms with Gasteiger partial charge in [-0.25, -0.2) is 4.79 Å². The summed E-state index contributed by atoms with van der Waals surface area (Å²) in [5, 5.41) is 3.53. The summed E-state index contributed by atoms with van der Waals surface area (Å²) < 4.78 is 5.63. The number of rotatable bonds is 7. The molecule has 1 N–H and O–H groups in total. The molecule has 0 unspecified atom stereocenters. The second-order valence-electron chi connectivity index (χ2n) is 9.00. The number of anilines is 1. The van der Waals surface area contributed by atoms with E-state index >= 15 is 0 Å². The highest BCUT2D eigenvalue weighted by Crippen LogP contribution is 2.80. The van der Waals surface area contributed by atoms with Gasteiger partial charge in [-0.3, -0.25) is 4.79 Å². The van der Waals surface area contributed by atoms with E-state index in [1.165, 1.54) is 0 Å². The molecule has 0 aromatic heterocycles. The minimum atomic E-state index is -1.76. The summed E-state index contributed by atoms with van der Waals surface area (Å²) in [6.07, 6.45) is 6.42. The molecule has 31 heavy (non-hydrogen) atoms. The molecular formula is C25H30ClNO3P+. The first-order valence-corrected chi connectivity index (χ1v) is 13.7. The lowest BCUT2D eigenvalue weighted by Gasteiger charge is -2.30. The van der Waals surface area contributed by atoms with E-state index < -0.39 is 7.26 Å². The quantitative estimate of drug-likeness (QED) is 0.410. The second kappa shape index (κ2) is 8.92. The normalized spacial score (nSPS) is 18.4. The predicted molar refractivity (Wildman–Crippen MR) is 129 cm³/mol. The van der Waals surface area contributed by atoms with Crippen molar-refractivity contribution in [3.8, 4) is 0 Å². The van der Waals surface area contributed by atoms with Gasteiger partial charge in [-0.05, 0) is 55.5 Å². The molecule has 1 aliphatic heterocycles. The number of benzene rings is 2. The molecule has 4 nitrogen and oxygen atoms in total. The molecule has 1 saturated carbocycles. The van der Waals surface area contributed by atoms with Crippen LogP contribution >= 0.6 is 18.9 Å². The van der Waals surface area contributed by atoms with Crippen LogP contribution in [0.1, 0.15) is 42.4 Å². The summed E-state index contributed by atoms with van der Waals surface area (Å²) in [7, 11) is -1.76. The Morgan fingerprint density at radius 2 is 1.68 bits per heavy atom. The zero-order valence-corrected chi connectivity index (χ0v) is 19.9. The number of aryl methyl sites for hydroxylation is 2. The number of halogens is 1. The van der Waals surface area contributed by atoms with Gasteiger partial charge in [0.05, 0.1) is 12.3 Å². The zero-order valence-electron chi connectivity index (χ0n) is 18.2. The molecule has 2 aromatic rings. The number of hydrogen-bond acceptors (Lipinski definition) is 3. The summed E-state index contributed by atoms with van der Waals surface area (Å²) >= 11 is 6.16. The highest BCUT2D eigenvalue weighted by molar-refractivity contribution is 7.79. The van der Waals surface area contributed by atoms with Gasteiger partial charge in [-0.1, -0.05) is 41.9 Å². The molecule has 1 saturated heterocycles. The Morgan fingerprint density at radius 3 is 2.26 bits per heavy atom. The lowest BCUT2D eigenvalue weighted by Crippen LogP contribution is -2.36. The van der Waals surface area contributed by atoms with Crippen molar-refractivity contribution < 1.29 is 14.3 Å². The molecule has 4 rings (SSSR count). The van der Waals surface area contributed by atoms with Crippen molar-refractivity contribution in [3.05, 3.63) is 64.2 Å². The van der Waals surface area contributed by atoms with E-state index in [-0.39, 0.29) is 17.0 Å². The van der Waals surface area contributed by atoms with Gasteiger partial charge in [0.2, 0.25) is 0 Å². The molecular weight excluding hydrogens is 429 g/mol. The van der Waals surface area contributed by atoms with Crippen molar-refractivity contribution >= 4 is 36.4 Å². The van der Waals surface area contributed by atoms with Crippen LogP contribution in [-0.4, -0.2) is 35.5 Å². The third-order valence-electron chi connectivity index (χ3n) is 6.89. The third-order valence-corrected chi connectivity index (χ3v) is 12.8. The number of nitrogens with one attached hydrogen (secondary N) is 1. The Morgan fingerprint density at radius 1 is 1.06 bits per heavy atom. The minimum absolute atomic E-state index is 0.0899. The van der Waals surface area contributed by atoms with Gasteiger partial charge in [-0.2, -0.15) is 0 Å². The van der Waals surface area contributed by atoms with Crippen LogP contribution in [0.3, 0.4) is 0 Å². The fourth-order valence-corrected chi connectivity index (χ4v) is 10.9. The zero-order chi connectivity index (χ0) is 22.1. The SMILES string of the molecule is Cc1cc(Cl)cc(C)c1NC(=O)C1([P+]2(CC(=O)OCc3ccccc3)CCCC2)CC1.